The number of anilines is 1. The van der Waals surface area contributed by atoms with Crippen molar-refractivity contribution in [3.8, 4) is 0 Å². The number of fused-ring (bicyclic) bond motifs is 1. The van der Waals surface area contributed by atoms with Gasteiger partial charge in [-0.15, -0.1) is 0 Å². The van der Waals surface area contributed by atoms with Crippen LogP contribution in [0.25, 0.3) is 16.3 Å². The number of thiazole rings is 1. The molecule has 4 nitrogen and oxygen atoms in total. The maximum absolute atomic E-state index is 13.0. The van der Waals surface area contributed by atoms with E-state index < -0.39 is 0 Å². The number of hydrogen-bond acceptors (Lipinski definition) is 4. The largest absolute Gasteiger partial charge is 0.467 e. The number of aromatic nitrogens is 1. The molecule has 2 heterocycles. The molecule has 0 fully saturated rings. The quantitative estimate of drug-likeness (QED) is 0.375. The Hall–Kier alpha value is -2.89. The van der Waals surface area contributed by atoms with Crippen molar-refractivity contribution < 1.29 is 9.21 Å². The minimum absolute atomic E-state index is 0.188. The van der Waals surface area contributed by atoms with Crippen LogP contribution in [-0.2, 0) is 11.3 Å². The van der Waals surface area contributed by atoms with Gasteiger partial charge < -0.3 is 4.42 Å². The van der Waals surface area contributed by atoms with E-state index in [4.69, 9.17) is 16.0 Å². The Labute approximate surface area is 171 Å². The van der Waals surface area contributed by atoms with Gasteiger partial charge in [0, 0.05) is 11.1 Å². The molecule has 1 amide bonds. The van der Waals surface area contributed by atoms with Crippen LogP contribution in [0.1, 0.15) is 16.9 Å². The fourth-order valence-electron chi connectivity index (χ4n) is 2.79. The lowest BCUT2D eigenvalue weighted by molar-refractivity contribution is -0.114. The molecule has 140 valence electrons. The highest BCUT2D eigenvalue weighted by atomic mass is 35.5. The fourth-order valence-corrected chi connectivity index (χ4v) is 4.06. The van der Waals surface area contributed by atoms with E-state index in [1.165, 1.54) is 17.4 Å². The summed E-state index contributed by atoms with van der Waals surface area (Å²) in [7, 11) is 0. The van der Waals surface area contributed by atoms with Gasteiger partial charge in [-0.1, -0.05) is 47.2 Å². The van der Waals surface area contributed by atoms with Gasteiger partial charge in [0.05, 0.1) is 23.0 Å². The number of furan rings is 1. The lowest BCUT2D eigenvalue weighted by atomic mass is 10.2. The lowest BCUT2D eigenvalue weighted by Crippen LogP contribution is -2.28. The van der Waals surface area contributed by atoms with Gasteiger partial charge in [-0.05, 0) is 54.5 Å². The normalized spacial score (nSPS) is 11.4. The van der Waals surface area contributed by atoms with Crippen molar-refractivity contribution in [1.82, 2.24) is 4.98 Å². The molecule has 0 unspecified atom stereocenters. The topological polar surface area (TPSA) is 46.3 Å². The Bertz CT molecular complexity index is 1150. The van der Waals surface area contributed by atoms with E-state index >= 15 is 0 Å². The average molecular weight is 409 g/mol. The smallest absolute Gasteiger partial charge is 0.253 e. The standard InChI is InChI=1S/C22H17ClN2O2S/c1-15-8-10-19-20(13-15)28-22(24-19)25(14-17-6-4-12-27-17)21(26)11-9-16-5-2-3-7-18(16)23/h2-13H,14H2,1H3/b11-9+. The summed E-state index contributed by atoms with van der Waals surface area (Å²) in [6.07, 6.45) is 4.83. The minimum atomic E-state index is -0.188. The van der Waals surface area contributed by atoms with Crippen LogP contribution in [0.15, 0.2) is 71.4 Å². The maximum atomic E-state index is 13.0. The summed E-state index contributed by atoms with van der Waals surface area (Å²) in [5.41, 5.74) is 2.82. The van der Waals surface area contributed by atoms with Gasteiger partial charge in [0.1, 0.15) is 5.76 Å². The van der Waals surface area contributed by atoms with Gasteiger partial charge in [0.25, 0.3) is 5.91 Å². The molecule has 4 rings (SSSR count). The second-order valence-electron chi connectivity index (χ2n) is 6.33. The van der Waals surface area contributed by atoms with E-state index in [2.05, 4.69) is 11.1 Å². The summed E-state index contributed by atoms with van der Waals surface area (Å²) in [6.45, 7) is 2.34. The first-order valence-electron chi connectivity index (χ1n) is 8.74. The number of rotatable bonds is 5. The first kappa shape index (κ1) is 18.5. The van der Waals surface area contributed by atoms with E-state index in [1.54, 1.807) is 29.4 Å². The summed E-state index contributed by atoms with van der Waals surface area (Å²) in [5, 5.41) is 1.23. The van der Waals surface area contributed by atoms with Crippen LogP contribution in [0, 0.1) is 6.92 Å². The zero-order valence-corrected chi connectivity index (χ0v) is 16.7. The summed E-state index contributed by atoms with van der Waals surface area (Å²) in [6, 6.07) is 17.1. The molecule has 6 heteroatoms. The number of amides is 1. The molecule has 0 aliphatic rings. The van der Waals surface area contributed by atoms with Crippen molar-refractivity contribution in [3.05, 3.63) is 88.8 Å². The summed E-state index contributed by atoms with van der Waals surface area (Å²) >= 11 is 7.67. The highest BCUT2D eigenvalue weighted by Crippen LogP contribution is 2.31. The molecule has 0 aliphatic carbocycles. The Kier molecular flexibility index (Phi) is 5.28. The summed E-state index contributed by atoms with van der Waals surface area (Å²) < 4.78 is 6.49. The maximum Gasteiger partial charge on any atom is 0.253 e. The van der Waals surface area contributed by atoms with Crippen LogP contribution in [0.4, 0.5) is 5.13 Å². The molecule has 0 saturated carbocycles. The predicted octanol–water partition coefficient (Wildman–Crippen LogP) is 6.10. The SMILES string of the molecule is Cc1ccc2nc(N(Cc3ccco3)C(=O)/C=C/c3ccccc3Cl)sc2c1. The number of nitrogens with zero attached hydrogens (tertiary/aromatic N) is 2. The Balaban J connectivity index is 1.68. The lowest BCUT2D eigenvalue weighted by Gasteiger charge is -2.16. The minimum Gasteiger partial charge on any atom is -0.467 e. The molecule has 0 spiro atoms. The second-order valence-corrected chi connectivity index (χ2v) is 7.74. The molecule has 0 radical (unpaired) electrons. The monoisotopic (exact) mass is 408 g/mol. The van der Waals surface area contributed by atoms with Crippen molar-refractivity contribution in [2.24, 2.45) is 0 Å². The Morgan fingerprint density at radius 1 is 1.21 bits per heavy atom. The van der Waals surface area contributed by atoms with Crippen LogP contribution in [0.3, 0.4) is 0 Å². The van der Waals surface area contributed by atoms with Crippen molar-refractivity contribution in [2.45, 2.75) is 13.5 Å². The first-order chi connectivity index (χ1) is 13.6. The van der Waals surface area contributed by atoms with E-state index in [1.807, 2.05) is 43.3 Å². The zero-order valence-electron chi connectivity index (χ0n) is 15.1. The van der Waals surface area contributed by atoms with Crippen LogP contribution < -0.4 is 4.90 Å². The van der Waals surface area contributed by atoms with Crippen molar-refractivity contribution in [2.75, 3.05) is 4.90 Å². The third kappa shape index (κ3) is 4.01. The highest BCUT2D eigenvalue weighted by Gasteiger charge is 2.19. The predicted molar refractivity (Wildman–Crippen MR) is 115 cm³/mol. The number of carbonyl (C=O) groups excluding carboxylic acids is 1. The van der Waals surface area contributed by atoms with Gasteiger partial charge >= 0.3 is 0 Å². The summed E-state index contributed by atoms with van der Waals surface area (Å²) in [4.78, 5) is 19.3. The van der Waals surface area contributed by atoms with Crippen molar-refractivity contribution >= 4 is 50.3 Å². The van der Waals surface area contributed by atoms with Crippen LogP contribution in [0.5, 0.6) is 0 Å². The molecule has 0 saturated heterocycles. The molecule has 0 bridgehead atoms. The second kappa shape index (κ2) is 8.00. The number of aryl methyl sites for hydroxylation is 1. The number of carbonyl (C=O) groups is 1. The molecule has 2 aromatic carbocycles. The van der Waals surface area contributed by atoms with Gasteiger partial charge in [0.15, 0.2) is 5.13 Å². The number of benzene rings is 2. The molecular formula is C22H17ClN2O2S. The molecule has 0 aliphatic heterocycles. The van der Waals surface area contributed by atoms with Gasteiger partial charge in [-0.2, -0.15) is 0 Å². The van der Waals surface area contributed by atoms with Crippen molar-refractivity contribution in [1.29, 1.82) is 0 Å². The number of hydrogen-bond donors (Lipinski definition) is 0. The molecule has 4 aromatic rings. The molecule has 0 atom stereocenters. The van der Waals surface area contributed by atoms with Gasteiger partial charge in [-0.3, -0.25) is 9.69 Å². The molecule has 2 aromatic heterocycles. The Morgan fingerprint density at radius 3 is 2.86 bits per heavy atom. The van der Waals surface area contributed by atoms with Gasteiger partial charge in [-0.25, -0.2) is 4.98 Å². The third-order valence-electron chi connectivity index (χ3n) is 4.23. The number of halogens is 1. The molecule has 0 N–H and O–H groups in total. The van der Waals surface area contributed by atoms with E-state index in [9.17, 15) is 4.79 Å². The zero-order chi connectivity index (χ0) is 19.5. The molecular weight excluding hydrogens is 392 g/mol. The van der Waals surface area contributed by atoms with E-state index in [-0.39, 0.29) is 5.91 Å². The average Bonchev–Trinajstić information content (AvgIpc) is 3.34. The Morgan fingerprint density at radius 2 is 2.07 bits per heavy atom. The fraction of sp³-hybridized carbons (Fsp3) is 0.0909. The highest BCUT2D eigenvalue weighted by molar-refractivity contribution is 7.22. The van der Waals surface area contributed by atoms with Crippen LogP contribution in [-0.4, -0.2) is 10.9 Å². The van der Waals surface area contributed by atoms with Crippen LogP contribution in [0.2, 0.25) is 5.02 Å². The van der Waals surface area contributed by atoms with Gasteiger partial charge in [0.2, 0.25) is 0 Å². The molecule has 28 heavy (non-hydrogen) atoms. The van der Waals surface area contributed by atoms with Crippen molar-refractivity contribution in [3.63, 3.8) is 0 Å². The van der Waals surface area contributed by atoms with E-state index in [0.717, 1.165) is 21.3 Å². The summed E-state index contributed by atoms with van der Waals surface area (Å²) in [5.74, 6) is 0.502. The van der Waals surface area contributed by atoms with Crippen LogP contribution >= 0.6 is 22.9 Å². The third-order valence-corrected chi connectivity index (χ3v) is 5.62. The first-order valence-corrected chi connectivity index (χ1v) is 9.93. The van der Waals surface area contributed by atoms with E-state index in [0.29, 0.717) is 22.5 Å².